The number of hydrogen-bond acceptors (Lipinski definition) is 5. The Bertz CT molecular complexity index is 902. The average molecular weight is 428 g/mol. The Morgan fingerprint density at radius 3 is 2.35 bits per heavy atom. The van der Waals surface area contributed by atoms with Crippen molar-refractivity contribution in [2.75, 3.05) is 27.9 Å². The maximum absolute atomic E-state index is 10.4. The van der Waals surface area contributed by atoms with E-state index in [9.17, 15) is 5.11 Å². The van der Waals surface area contributed by atoms with Gasteiger partial charge in [0.1, 0.15) is 5.75 Å². The Morgan fingerprint density at radius 1 is 1.00 bits per heavy atom. The number of methoxy groups -OCH3 is 3. The first-order valence-corrected chi connectivity index (χ1v) is 10.7. The van der Waals surface area contributed by atoms with Gasteiger partial charge in [0.05, 0.1) is 27.9 Å². The first-order chi connectivity index (χ1) is 15.1. The lowest BCUT2D eigenvalue weighted by atomic mass is 9.88. The van der Waals surface area contributed by atoms with Gasteiger partial charge >= 0.3 is 0 Å². The molecule has 0 fully saturated rings. The van der Waals surface area contributed by atoms with Crippen molar-refractivity contribution in [1.29, 1.82) is 0 Å². The van der Waals surface area contributed by atoms with Crippen LogP contribution in [0.2, 0.25) is 0 Å². The third kappa shape index (κ3) is 5.34. The standard InChI is InChI=1S/C24H33N3O4/c1-5-25-24(26-14-16-12-21(29-2)23(31-4)22(13-16)30-3)27-15-19-18-9-7-6-8-17(18)10-11-20(19)28/h10-13,28H,5-9,14-15H2,1-4H3,(H2,25,26,27). The van der Waals surface area contributed by atoms with Gasteiger partial charge in [0, 0.05) is 18.7 Å². The number of ether oxygens (including phenoxy) is 3. The SMILES string of the molecule is CCNC(=NCc1cc(OC)c(OC)c(OC)c1)NCc1c(O)ccc2c1CCCC2. The molecule has 0 saturated heterocycles. The van der Waals surface area contributed by atoms with E-state index in [2.05, 4.69) is 16.7 Å². The van der Waals surface area contributed by atoms with Crippen molar-refractivity contribution in [1.82, 2.24) is 10.6 Å². The largest absolute Gasteiger partial charge is 0.508 e. The number of phenols is 1. The van der Waals surface area contributed by atoms with Gasteiger partial charge in [-0.1, -0.05) is 6.07 Å². The Morgan fingerprint density at radius 2 is 1.71 bits per heavy atom. The van der Waals surface area contributed by atoms with Crippen LogP contribution in [0.15, 0.2) is 29.3 Å². The van der Waals surface area contributed by atoms with E-state index in [0.717, 1.165) is 30.5 Å². The Hall–Kier alpha value is -3.09. The van der Waals surface area contributed by atoms with E-state index in [1.807, 2.05) is 19.1 Å². The summed E-state index contributed by atoms with van der Waals surface area (Å²) in [5, 5.41) is 17.1. The zero-order valence-electron chi connectivity index (χ0n) is 18.9. The molecule has 0 saturated carbocycles. The van der Waals surface area contributed by atoms with Crippen molar-refractivity contribution >= 4 is 5.96 Å². The fourth-order valence-corrected chi connectivity index (χ4v) is 4.00. The van der Waals surface area contributed by atoms with Crippen LogP contribution >= 0.6 is 0 Å². The van der Waals surface area contributed by atoms with Gasteiger partial charge in [0.2, 0.25) is 5.75 Å². The number of fused-ring (bicyclic) bond motifs is 1. The molecule has 168 valence electrons. The minimum Gasteiger partial charge on any atom is -0.508 e. The van der Waals surface area contributed by atoms with Gasteiger partial charge in [-0.2, -0.15) is 0 Å². The second kappa shape index (κ2) is 10.8. The fourth-order valence-electron chi connectivity index (χ4n) is 4.00. The maximum Gasteiger partial charge on any atom is 0.203 e. The number of aryl methyl sites for hydroxylation is 1. The summed E-state index contributed by atoms with van der Waals surface area (Å²) in [6.45, 7) is 3.72. The lowest BCUT2D eigenvalue weighted by molar-refractivity contribution is 0.324. The van der Waals surface area contributed by atoms with Gasteiger partial charge in [0.25, 0.3) is 0 Å². The van der Waals surface area contributed by atoms with Crippen LogP contribution in [0.4, 0.5) is 0 Å². The van der Waals surface area contributed by atoms with Gasteiger partial charge in [-0.05, 0) is 67.5 Å². The molecule has 0 unspecified atom stereocenters. The molecular weight excluding hydrogens is 394 g/mol. The van der Waals surface area contributed by atoms with Crippen molar-refractivity contribution in [3.63, 3.8) is 0 Å². The highest BCUT2D eigenvalue weighted by atomic mass is 16.5. The summed E-state index contributed by atoms with van der Waals surface area (Å²) in [5.74, 6) is 2.79. The summed E-state index contributed by atoms with van der Waals surface area (Å²) in [6, 6.07) is 7.65. The van der Waals surface area contributed by atoms with Gasteiger partial charge < -0.3 is 30.0 Å². The molecule has 0 heterocycles. The van der Waals surface area contributed by atoms with E-state index < -0.39 is 0 Å². The molecule has 2 aromatic rings. The van der Waals surface area contributed by atoms with E-state index in [-0.39, 0.29) is 0 Å². The highest BCUT2D eigenvalue weighted by Gasteiger charge is 2.17. The number of benzene rings is 2. The minimum absolute atomic E-state index is 0.341. The van der Waals surface area contributed by atoms with Gasteiger partial charge in [0.15, 0.2) is 17.5 Å². The van der Waals surface area contributed by atoms with E-state index in [1.54, 1.807) is 27.4 Å². The smallest absolute Gasteiger partial charge is 0.203 e. The number of hydrogen-bond donors (Lipinski definition) is 3. The molecule has 1 aliphatic rings. The summed E-state index contributed by atoms with van der Waals surface area (Å²) in [5.41, 5.74) is 4.53. The number of rotatable bonds is 8. The number of aliphatic imine (C=N–C) groups is 1. The minimum atomic E-state index is 0.341. The highest BCUT2D eigenvalue weighted by molar-refractivity contribution is 5.80. The Balaban J connectivity index is 1.78. The molecule has 31 heavy (non-hydrogen) atoms. The normalized spacial score (nSPS) is 13.4. The second-order valence-corrected chi connectivity index (χ2v) is 7.49. The van der Waals surface area contributed by atoms with Crippen LogP contribution in [0.5, 0.6) is 23.0 Å². The summed E-state index contributed by atoms with van der Waals surface area (Å²) >= 11 is 0. The summed E-state index contributed by atoms with van der Waals surface area (Å²) in [6.07, 6.45) is 4.47. The van der Waals surface area contributed by atoms with Crippen molar-refractivity contribution in [2.45, 2.75) is 45.7 Å². The molecule has 7 heteroatoms. The zero-order chi connectivity index (χ0) is 22.2. The molecule has 0 spiro atoms. The van der Waals surface area contributed by atoms with Crippen LogP contribution in [0.1, 0.15) is 42.0 Å². The number of nitrogens with one attached hydrogen (secondary N) is 2. The summed E-state index contributed by atoms with van der Waals surface area (Å²) < 4.78 is 16.3. The van der Waals surface area contributed by atoms with Crippen LogP contribution in [0, 0.1) is 0 Å². The number of phenolic OH excluding ortho intramolecular Hbond substituents is 1. The molecule has 0 aromatic heterocycles. The molecule has 2 aromatic carbocycles. The predicted octanol–water partition coefficient (Wildman–Crippen LogP) is 3.55. The number of guanidine groups is 1. The number of nitrogens with zero attached hydrogens (tertiary/aromatic N) is 1. The van der Waals surface area contributed by atoms with Crippen molar-refractivity contribution in [3.05, 3.63) is 46.5 Å². The van der Waals surface area contributed by atoms with Gasteiger partial charge in [-0.25, -0.2) is 4.99 Å². The van der Waals surface area contributed by atoms with E-state index in [1.165, 1.54) is 24.0 Å². The quantitative estimate of drug-likeness (QED) is 0.441. The van der Waals surface area contributed by atoms with Crippen LogP contribution in [-0.4, -0.2) is 38.9 Å². The summed E-state index contributed by atoms with van der Waals surface area (Å²) in [4.78, 5) is 4.71. The first kappa shape index (κ1) is 22.6. The van der Waals surface area contributed by atoms with Gasteiger partial charge in [-0.3, -0.25) is 0 Å². The molecule has 3 rings (SSSR count). The molecule has 0 atom stereocenters. The third-order valence-electron chi connectivity index (χ3n) is 5.55. The molecule has 0 aliphatic heterocycles. The predicted molar refractivity (Wildman–Crippen MR) is 123 cm³/mol. The van der Waals surface area contributed by atoms with E-state index >= 15 is 0 Å². The molecule has 0 amide bonds. The second-order valence-electron chi connectivity index (χ2n) is 7.49. The third-order valence-corrected chi connectivity index (χ3v) is 5.55. The zero-order valence-corrected chi connectivity index (χ0v) is 18.9. The monoisotopic (exact) mass is 427 g/mol. The lowest BCUT2D eigenvalue weighted by Gasteiger charge is -2.21. The van der Waals surface area contributed by atoms with Crippen LogP contribution in [0.25, 0.3) is 0 Å². The number of aromatic hydroxyl groups is 1. The van der Waals surface area contributed by atoms with Crippen molar-refractivity contribution < 1.29 is 19.3 Å². The lowest BCUT2D eigenvalue weighted by Crippen LogP contribution is -2.37. The molecule has 7 nitrogen and oxygen atoms in total. The maximum atomic E-state index is 10.4. The van der Waals surface area contributed by atoms with E-state index in [4.69, 9.17) is 19.2 Å². The van der Waals surface area contributed by atoms with Crippen LogP contribution in [-0.2, 0) is 25.9 Å². The molecule has 0 bridgehead atoms. The Labute approximate surface area is 184 Å². The van der Waals surface area contributed by atoms with Crippen molar-refractivity contribution in [2.24, 2.45) is 4.99 Å². The average Bonchev–Trinajstić information content (AvgIpc) is 2.80. The molecular formula is C24H33N3O4. The van der Waals surface area contributed by atoms with Crippen LogP contribution in [0.3, 0.4) is 0 Å². The summed E-state index contributed by atoms with van der Waals surface area (Å²) in [7, 11) is 4.79. The molecule has 0 radical (unpaired) electrons. The van der Waals surface area contributed by atoms with Crippen molar-refractivity contribution in [3.8, 4) is 23.0 Å². The first-order valence-electron chi connectivity index (χ1n) is 10.7. The topological polar surface area (TPSA) is 84.3 Å². The molecule has 1 aliphatic carbocycles. The highest BCUT2D eigenvalue weighted by Crippen LogP contribution is 2.38. The van der Waals surface area contributed by atoms with E-state index in [0.29, 0.717) is 42.0 Å². The Kier molecular flexibility index (Phi) is 7.87. The molecule has 3 N–H and O–H groups in total. The fraction of sp³-hybridized carbons (Fsp3) is 0.458. The van der Waals surface area contributed by atoms with Crippen LogP contribution < -0.4 is 24.8 Å². The van der Waals surface area contributed by atoms with Gasteiger partial charge in [-0.15, -0.1) is 0 Å².